The average molecular weight is 346 g/mol. The number of nitrogens with zero attached hydrogens (tertiary/aromatic N) is 5. The van der Waals surface area contributed by atoms with E-state index in [1.807, 2.05) is 25.0 Å². The number of rotatable bonds is 12. The summed E-state index contributed by atoms with van der Waals surface area (Å²) in [4.78, 5) is 11.2. The summed E-state index contributed by atoms with van der Waals surface area (Å²) in [5.74, 6) is 0.732. The number of aromatic nitrogens is 4. The molecule has 2 aromatic heterocycles. The van der Waals surface area contributed by atoms with Crippen molar-refractivity contribution in [1.82, 2.24) is 24.0 Å². The lowest BCUT2D eigenvalue weighted by atomic mass is 9.97. The minimum Gasteiger partial charge on any atom is -0.321 e. The molecule has 5 nitrogen and oxygen atoms in total. The molecule has 0 radical (unpaired) electrons. The SMILES string of the molecule is CCCCC(CC)CN(C(CC)n1ccnc1)C(CC)n1ccnc1. The Morgan fingerprint density at radius 2 is 1.40 bits per heavy atom. The molecule has 0 aliphatic rings. The summed E-state index contributed by atoms with van der Waals surface area (Å²) in [6, 6.07) is 0. The van der Waals surface area contributed by atoms with Gasteiger partial charge in [0.25, 0.3) is 0 Å². The van der Waals surface area contributed by atoms with Gasteiger partial charge in [-0.15, -0.1) is 0 Å². The molecule has 0 saturated carbocycles. The molecule has 2 aromatic rings. The van der Waals surface area contributed by atoms with Gasteiger partial charge in [0.2, 0.25) is 0 Å². The van der Waals surface area contributed by atoms with Crippen LogP contribution in [0.3, 0.4) is 0 Å². The summed E-state index contributed by atoms with van der Waals surface area (Å²) >= 11 is 0. The molecule has 140 valence electrons. The number of imidazole rings is 2. The summed E-state index contributed by atoms with van der Waals surface area (Å²) in [6.07, 6.45) is 19.8. The van der Waals surface area contributed by atoms with Crippen LogP contribution >= 0.6 is 0 Å². The fourth-order valence-corrected chi connectivity index (χ4v) is 3.78. The first-order valence-corrected chi connectivity index (χ1v) is 9.95. The van der Waals surface area contributed by atoms with Crippen LogP contribution < -0.4 is 0 Å². The van der Waals surface area contributed by atoms with Crippen molar-refractivity contribution in [2.45, 2.75) is 78.6 Å². The molecular weight excluding hydrogens is 310 g/mol. The lowest BCUT2D eigenvalue weighted by molar-refractivity contribution is 0.0228. The highest BCUT2D eigenvalue weighted by Gasteiger charge is 2.28. The standard InChI is InChI=1S/C20H35N5/c1-5-9-10-18(6-2)15-25(19(7-3)23-13-11-21-16-23)20(8-4)24-14-12-22-17-24/h11-14,16-20H,5-10,15H2,1-4H3. The largest absolute Gasteiger partial charge is 0.321 e. The second-order valence-corrected chi connectivity index (χ2v) is 6.91. The van der Waals surface area contributed by atoms with Gasteiger partial charge in [-0.25, -0.2) is 9.97 Å². The molecule has 0 aliphatic heterocycles. The first-order chi connectivity index (χ1) is 12.2. The molecule has 0 aliphatic carbocycles. The van der Waals surface area contributed by atoms with Crippen LogP contribution in [0.4, 0.5) is 0 Å². The zero-order chi connectivity index (χ0) is 18.1. The van der Waals surface area contributed by atoms with E-state index in [0.29, 0.717) is 12.3 Å². The van der Waals surface area contributed by atoms with Crippen molar-refractivity contribution in [3.63, 3.8) is 0 Å². The highest BCUT2D eigenvalue weighted by atomic mass is 15.4. The van der Waals surface area contributed by atoms with E-state index in [0.717, 1.165) is 25.3 Å². The lowest BCUT2D eigenvalue weighted by Gasteiger charge is -2.40. The summed E-state index contributed by atoms with van der Waals surface area (Å²) in [5.41, 5.74) is 0. The quantitative estimate of drug-likeness (QED) is 0.536. The average Bonchev–Trinajstić information content (AvgIpc) is 3.33. The van der Waals surface area contributed by atoms with Gasteiger partial charge in [0.1, 0.15) is 0 Å². The van der Waals surface area contributed by atoms with Crippen LogP contribution in [0, 0.1) is 5.92 Å². The molecular formula is C20H35N5. The van der Waals surface area contributed by atoms with Gasteiger partial charge in [0, 0.05) is 31.3 Å². The smallest absolute Gasteiger partial charge is 0.0959 e. The summed E-state index contributed by atoms with van der Waals surface area (Å²) in [7, 11) is 0. The molecule has 0 aromatic carbocycles. The maximum atomic E-state index is 4.29. The Balaban J connectivity index is 2.28. The summed E-state index contributed by atoms with van der Waals surface area (Å²) < 4.78 is 4.51. The Kier molecular flexibility index (Phi) is 8.19. The van der Waals surface area contributed by atoms with Crippen molar-refractivity contribution in [2.24, 2.45) is 5.92 Å². The second kappa shape index (κ2) is 10.4. The molecule has 2 heterocycles. The predicted octanol–water partition coefficient (Wildman–Crippen LogP) is 5.12. The summed E-state index contributed by atoms with van der Waals surface area (Å²) in [5, 5.41) is 0. The van der Waals surface area contributed by atoms with Gasteiger partial charge in [-0.05, 0) is 25.2 Å². The highest BCUT2D eigenvalue weighted by molar-refractivity contribution is 4.86. The van der Waals surface area contributed by atoms with Crippen LogP contribution in [0.15, 0.2) is 37.4 Å². The zero-order valence-corrected chi connectivity index (χ0v) is 16.4. The first-order valence-electron chi connectivity index (χ1n) is 9.95. The van der Waals surface area contributed by atoms with E-state index >= 15 is 0 Å². The molecule has 5 heteroatoms. The van der Waals surface area contributed by atoms with Crippen molar-refractivity contribution in [1.29, 1.82) is 0 Å². The maximum Gasteiger partial charge on any atom is 0.0959 e. The van der Waals surface area contributed by atoms with Gasteiger partial charge in [0.05, 0.1) is 25.0 Å². The number of hydrogen-bond donors (Lipinski definition) is 0. The molecule has 25 heavy (non-hydrogen) atoms. The van der Waals surface area contributed by atoms with Crippen LogP contribution in [0.1, 0.15) is 78.6 Å². The molecule has 0 fully saturated rings. The minimum atomic E-state index is 0.325. The van der Waals surface area contributed by atoms with Crippen LogP contribution in [0.25, 0.3) is 0 Å². The monoisotopic (exact) mass is 345 g/mol. The molecule has 0 bridgehead atoms. The number of unbranched alkanes of at least 4 members (excludes halogenated alkanes) is 1. The third kappa shape index (κ3) is 5.18. The van der Waals surface area contributed by atoms with Crippen molar-refractivity contribution in [3.8, 4) is 0 Å². The molecule has 2 rings (SSSR count). The van der Waals surface area contributed by atoms with Crippen molar-refractivity contribution in [3.05, 3.63) is 37.4 Å². The number of hydrogen-bond acceptors (Lipinski definition) is 3. The van der Waals surface area contributed by atoms with Gasteiger partial charge >= 0.3 is 0 Å². The molecule has 3 atom stereocenters. The van der Waals surface area contributed by atoms with E-state index in [9.17, 15) is 0 Å². The Morgan fingerprint density at radius 1 is 0.840 bits per heavy atom. The van der Waals surface area contributed by atoms with Crippen LogP contribution in [-0.4, -0.2) is 30.5 Å². The molecule has 3 unspecified atom stereocenters. The fourth-order valence-electron chi connectivity index (χ4n) is 3.78. The van der Waals surface area contributed by atoms with E-state index < -0.39 is 0 Å². The zero-order valence-electron chi connectivity index (χ0n) is 16.4. The van der Waals surface area contributed by atoms with E-state index in [1.54, 1.807) is 0 Å². The maximum absolute atomic E-state index is 4.29. The Hall–Kier alpha value is -1.62. The fraction of sp³-hybridized carbons (Fsp3) is 0.700. The minimum absolute atomic E-state index is 0.325. The van der Waals surface area contributed by atoms with Gasteiger partial charge < -0.3 is 9.13 Å². The predicted molar refractivity (Wildman–Crippen MR) is 103 cm³/mol. The Bertz CT molecular complexity index is 506. The normalized spacial score (nSPS) is 15.4. The van der Waals surface area contributed by atoms with E-state index in [2.05, 4.69) is 64.1 Å². The molecule has 0 saturated heterocycles. The Labute approximate surface area is 153 Å². The first kappa shape index (κ1) is 19.7. The van der Waals surface area contributed by atoms with Crippen molar-refractivity contribution < 1.29 is 0 Å². The topological polar surface area (TPSA) is 38.9 Å². The lowest BCUT2D eigenvalue weighted by Crippen LogP contribution is -2.40. The van der Waals surface area contributed by atoms with E-state index in [-0.39, 0.29) is 0 Å². The van der Waals surface area contributed by atoms with Crippen LogP contribution in [0.5, 0.6) is 0 Å². The van der Waals surface area contributed by atoms with Crippen LogP contribution in [-0.2, 0) is 0 Å². The van der Waals surface area contributed by atoms with Crippen molar-refractivity contribution in [2.75, 3.05) is 6.54 Å². The highest BCUT2D eigenvalue weighted by Crippen LogP contribution is 2.30. The van der Waals surface area contributed by atoms with Crippen molar-refractivity contribution >= 4 is 0 Å². The van der Waals surface area contributed by atoms with Gasteiger partial charge in [-0.3, -0.25) is 4.90 Å². The molecule has 0 N–H and O–H groups in total. The van der Waals surface area contributed by atoms with Crippen LogP contribution in [0.2, 0.25) is 0 Å². The summed E-state index contributed by atoms with van der Waals surface area (Å²) in [6.45, 7) is 10.3. The second-order valence-electron chi connectivity index (χ2n) is 6.91. The third-order valence-corrected chi connectivity index (χ3v) is 5.25. The molecule has 0 spiro atoms. The van der Waals surface area contributed by atoms with Gasteiger partial charge in [-0.1, -0.05) is 47.0 Å². The Morgan fingerprint density at radius 3 is 1.76 bits per heavy atom. The van der Waals surface area contributed by atoms with E-state index in [4.69, 9.17) is 0 Å². The molecule has 0 amide bonds. The van der Waals surface area contributed by atoms with Gasteiger partial charge in [-0.2, -0.15) is 0 Å². The van der Waals surface area contributed by atoms with E-state index in [1.165, 1.54) is 25.7 Å². The van der Waals surface area contributed by atoms with Gasteiger partial charge in [0.15, 0.2) is 0 Å². The third-order valence-electron chi connectivity index (χ3n) is 5.25.